The number of hydrogen-bond acceptors (Lipinski definition) is 10. The van der Waals surface area contributed by atoms with Crippen LogP contribution in [0.25, 0.3) is 0 Å². The molecule has 1 unspecified atom stereocenters. The molecule has 0 bridgehead atoms. The summed E-state index contributed by atoms with van der Waals surface area (Å²) in [5, 5.41) is 22.4. The highest BCUT2D eigenvalue weighted by molar-refractivity contribution is 6.06. The van der Waals surface area contributed by atoms with Crippen LogP contribution in [-0.2, 0) is 25.7 Å². The molecule has 202 valence electrons. The number of nitrogens with zero attached hydrogens (tertiary/aromatic N) is 3. The summed E-state index contributed by atoms with van der Waals surface area (Å²) in [5.41, 5.74) is 6.32. The maximum atomic E-state index is 13.2. The van der Waals surface area contributed by atoms with Crippen molar-refractivity contribution in [3.8, 4) is 11.8 Å². The number of methoxy groups -OCH3 is 2. The molecular weight excluding hydrogens is 516 g/mol. The molecule has 1 aliphatic heterocycles. The Balaban J connectivity index is 1.93. The van der Waals surface area contributed by atoms with Gasteiger partial charge in [0.25, 0.3) is 5.69 Å². The van der Waals surface area contributed by atoms with E-state index in [2.05, 4.69) is 0 Å². The molecule has 0 saturated carbocycles. The number of ether oxygens (including phenoxy) is 3. The van der Waals surface area contributed by atoms with E-state index in [-0.39, 0.29) is 35.0 Å². The zero-order valence-corrected chi connectivity index (χ0v) is 21.6. The van der Waals surface area contributed by atoms with Crippen molar-refractivity contribution in [2.75, 3.05) is 19.1 Å². The molecule has 2 N–H and O–H groups in total. The van der Waals surface area contributed by atoms with E-state index in [9.17, 15) is 25.0 Å². The lowest BCUT2D eigenvalue weighted by Gasteiger charge is -2.35. The van der Waals surface area contributed by atoms with Gasteiger partial charge in [-0.2, -0.15) is 5.26 Å². The van der Waals surface area contributed by atoms with E-state index in [1.54, 1.807) is 30.3 Å². The predicted molar refractivity (Wildman–Crippen MR) is 143 cm³/mol. The van der Waals surface area contributed by atoms with E-state index < -0.39 is 34.2 Å². The van der Waals surface area contributed by atoms with Gasteiger partial charge < -0.3 is 19.9 Å². The molecule has 11 heteroatoms. The third-order valence-corrected chi connectivity index (χ3v) is 6.24. The van der Waals surface area contributed by atoms with Crippen molar-refractivity contribution in [1.82, 2.24) is 0 Å². The standard InChI is InChI=1S/C29H24N4O7/c1-38-28(34)25-24(19-11-7-4-8-12-19)21(16-30)27(31)32(26(25)29(35)39-2)22-14-13-20(15-23(22)33(36)37)40-17-18-9-5-3-6-10-18/h3-15,24H,17,31H2,1-2H3. The van der Waals surface area contributed by atoms with Crippen molar-refractivity contribution in [2.45, 2.75) is 12.5 Å². The quantitative estimate of drug-likeness (QED) is 0.251. The highest BCUT2D eigenvalue weighted by Gasteiger charge is 2.44. The number of anilines is 1. The Kier molecular flexibility index (Phi) is 8.10. The molecule has 0 spiro atoms. The topological polar surface area (TPSA) is 158 Å². The Labute approximate surface area is 229 Å². The lowest BCUT2D eigenvalue weighted by Crippen LogP contribution is -2.41. The van der Waals surface area contributed by atoms with Gasteiger partial charge in [-0.25, -0.2) is 9.59 Å². The first-order valence-corrected chi connectivity index (χ1v) is 11.9. The predicted octanol–water partition coefficient (Wildman–Crippen LogP) is 4.07. The van der Waals surface area contributed by atoms with Crippen LogP contribution in [0.15, 0.2) is 102 Å². The van der Waals surface area contributed by atoms with Crippen LogP contribution in [0, 0.1) is 21.4 Å². The molecule has 11 nitrogen and oxygen atoms in total. The Bertz CT molecular complexity index is 1560. The van der Waals surface area contributed by atoms with Crippen LogP contribution in [-0.4, -0.2) is 31.1 Å². The van der Waals surface area contributed by atoms with Gasteiger partial charge in [-0.1, -0.05) is 60.7 Å². The van der Waals surface area contributed by atoms with Gasteiger partial charge in [0.2, 0.25) is 0 Å². The van der Waals surface area contributed by atoms with E-state index in [0.717, 1.165) is 24.7 Å². The van der Waals surface area contributed by atoms with Gasteiger partial charge in [0.05, 0.1) is 48.3 Å². The van der Waals surface area contributed by atoms with Crippen LogP contribution in [0.3, 0.4) is 0 Å². The Morgan fingerprint density at radius 2 is 1.62 bits per heavy atom. The maximum absolute atomic E-state index is 13.2. The summed E-state index contributed by atoms with van der Waals surface area (Å²) in [6, 6.07) is 23.6. The average molecular weight is 541 g/mol. The summed E-state index contributed by atoms with van der Waals surface area (Å²) in [6.07, 6.45) is 0. The molecule has 3 aromatic rings. The van der Waals surface area contributed by atoms with E-state index in [4.69, 9.17) is 19.9 Å². The largest absolute Gasteiger partial charge is 0.489 e. The van der Waals surface area contributed by atoms with Gasteiger partial charge in [0, 0.05) is 0 Å². The van der Waals surface area contributed by atoms with Gasteiger partial charge >= 0.3 is 11.9 Å². The summed E-state index contributed by atoms with van der Waals surface area (Å²) in [5.74, 6) is -3.16. The first kappa shape index (κ1) is 27.4. The number of nitro groups is 1. The molecule has 1 atom stereocenters. The maximum Gasteiger partial charge on any atom is 0.355 e. The number of benzene rings is 3. The highest BCUT2D eigenvalue weighted by atomic mass is 16.6. The zero-order valence-electron chi connectivity index (χ0n) is 21.6. The van der Waals surface area contributed by atoms with Crippen LogP contribution < -0.4 is 15.4 Å². The lowest BCUT2D eigenvalue weighted by atomic mass is 9.81. The van der Waals surface area contributed by atoms with Gasteiger partial charge in [-0.15, -0.1) is 0 Å². The fraction of sp³-hybridized carbons (Fsp3) is 0.138. The third kappa shape index (κ3) is 5.19. The van der Waals surface area contributed by atoms with Crippen LogP contribution in [0.4, 0.5) is 11.4 Å². The number of esters is 2. The van der Waals surface area contributed by atoms with Crippen molar-refractivity contribution < 1.29 is 28.7 Å². The molecule has 4 rings (SSSR count). The number of carbonyl (C=O) groups excluding carboxylic acids is 2. The van der Waals surface area contributed by atoms with Crippen molar-refractivity contribution in [3.63, 3.8) is 0 Å². The smallest absolute Gasteiger partial charge is 0.355 e. The minimum Gasteiger partial charge on any atom is -0.489 e. The monoisotopic (exact) mass is 540 g/mol. The Morgan fingerprint density at radius 1 is 1.00 bits per heavy atom. The number of hydrogen-bond donors (Lipinski definition) is 1. The summed E-state index contributed by atoms with van der Waals surface area (Å²) in [4.78, 5) is 38.9. The number of nitriles is 1. The summed E-state index contributed by atoms with van der Waals surface area (Å²) in [6.45, 7) is 0.153. The lowest BCUT2D eigenvalue weighted by molar-refractivity contribution is -0.384. The minimum atomic E-state index is -1.10. The first-order chi connectivity index (χ1) is 19.3. The number of rotatable bonds is 8. The van der Waals surface area contributed by atoms with Crippen molar-refractivity contribution in [1.29, 1.82) is 5.26 Å². The third-order valence-electron chi connectivity index (χ3n) is 6.24. The second-order valence-corrected chi connectivity index (χ2v) is 8.52. The van der Waals surface area contributed by atoms with Crippen molar-refractivity contribution in [3.05, 3.63) is 123 Å². The van der Waals surface area contributed by atoms with E-state index in [0.29, 0.717) is 5.56 Å². The van der Waals surface area contributed by atoms with Crippen LogP contribution in [0.1, 0.15) is 17.0 Å². The SMILES string of the molecule is COC(=O)C1=C(C(=O)OC)N(c2ccc(OCc3ccccc3)cc2[N+](=O)[O-])C(N)=C(C#N)C1c1ccccc1. The normalized spacial score (nSPS) is 14.8. The van der Waals surface area contributed by atoms with Gasteiger partial charge in [0.1, 0.15) is 29.6 Å². The molecule has 1 heterocycles. The molecule has 3 aromatic carbocycles. The minimum absolute atomic E-state index is 0.113. The van der Waals surface area contributed by atoms with Crippen LogP contribution >= 0.6 is 0 Å². The zero-order chi connectivity index (χ0) is 28.8. The average Bonchev–Trinajstić information content (AvgIpc) is 2.99. The second kappa shape index (κ2) is 11.8. The van der Waals surface area contributed by atoms with Crippen LogP contribution in [0.2, 0.25) is 0 Å². The second-order valence-electron chi connectivity index (χ2n) is 8.52. The van der Waals surface area contributed by atoms with Gasteiger partial charge in [-0.3, -0.25) is 15.0 Å². The Hall–Kier alpha value is -5.63. The van der Waals surface area contributed by atoms with E-state index >= 15 is 0 Å². The van der Waals surface area contributed by atoms with E-state index in [1.807, 2.05) is 36.4 Å². The fourth-order valence-corrected chi connectivity index (χ4v) is 4.43. The molecule has 0 amide bonds. The molecule has 0 aromatic heterocycles. The highest BCUT2D eigenvalue weighted by Crippen LogP contribution is 2.45. The molecule has 0 saturated heterocycles. The molecule has 0 aliphatic carbocycles. The number of carbonyl (C=O) groups is 2. The van der Waals surface area contributed by atoms with Crippen molar-refractivity contribution >= 4 is 23.3 Å². The fourth-order valence-electron chi connectivity index (χ4n) is 4.43. The van der Waals surface area contributed by atoms with E-state index in [1.165, 1.54) is 18.2 Å². The van der Waals surface area contributed by atoms with Gasteiger partial charge in [-0.05, 0) is 23.3 Å². The number of nitro benzene ring substituents is 1. The first-order valence-electron chi connectivity index (χ1n) is 11.9. The summed E-state index contributed by atoms with van der Waals surface area (Å²) in [7, 11) is 2.21. The van der Waals surface area contributed by atoms with Crippen molar-refractivity contribution in [2.24, 2.45) is 5.73 Å². The molecule has 1 aliphatic rings. The Morgan fingerprint density at radius 3 is 2.20 bits per heavy atom. The number of allylic oxidation sites excluding steroid dienone is 1. The number of nitrogens with two attached hydrogens (primary N) is 1. The summed E-state index contributed by atoms with van der Waals surface area (Å²) < 4.78 is 15.7. The molecule has 0 radical (unpaired) electrons. The molecular formula is C29H24N4O7. The van der Waals surface area contributed by atoms with Crippen LogP contribution in [0.5, 0.6) is 5.75 Å². The summed E-state index contributed by atoms with van der Waals surface area (Å²) >= 11 is 0. The van der Waals surface area contributed by atoms with Gasteiger partial charge in [0.15, 0.2) is 0 Å². The molecule has 0 fully saturated rings. The molecule has 40 heavy (non-hydrogen) atoms.